The molecule has 0 amide bonds. The first kappa shape index (κ1) is 19.4. The molecule has 4 aromatic rings. The molecule has 2 aromatic heterocycles. The number of thioether (sulfide) groups is 1. The zero-order valence-corrected chi connectivity index (χ0v) is 17.9. The van der Waals surface area contributed by atoms with Crippen molar-refractivity contribution in [3.8, 4) is 5.69 Å². The maximum absolute atomic E-state index is 3.92. The summed E-state index contributed by atoms with van der Waals surface area (Å²) < 4.78 is 1.95. The Bertz CT molecular complexity index is 1070. The van der Waals surface area contributed by atoms with E-state index >= 15 is 0 Å². The Morgan fingerprint density at radius 1 is 1.07 bits per heavy atom. The van der Waals surface area contributed by atoms with E-state index in [0.29, 0.717) is 0 Å². The molecule has 0 bridgehead atoms. The van der Waals surface area contributed by atoms with Gasteiger partial charge in [-0.15, -0.1) is 10.2 Å². The largest absolute Gasteiger partial charge is 0.361 e. The van der Waals surface area contributed by atoms with E-state index in [0.717, 1.165) is 30.3 Å². The zero-order valence-electron chi connectivity index (χ0n) is 17.1. The van der Waals surface area contributed by atoms with Crippen LogP contribution in [-0.4, -0.2) is 50.0 Å². The molecule has 0 unspecified atom stereocenters. The van der Waals surface area contributed by atoms with Gasteiger partial charge in [-0.25, -0.2) is 0 Å². The van der Waals surface area contributed by atoms with Crippen LogP contribution in [0, 0.1) is 5.92 Å². The molecule has 154 valence electrons. The van der Waals surface area contributed by atoms with E-state index in [1.165, 1.54) is 47.3 Å². The Labute approximate surface area is 181 Å². The Morgan fingerprint density at radius 2 is 1.93 bits per heavy atom. The van der Waals surface area contributed by atoms with Crippen LogP contribution < -0.4 is 0 Å². The molecule has 1 N–H and O–H groups in total. The predicted octanol–water partition coefficient (Wildman–Crippen LogP) is 4.55. The van der Waals surface area contributed by atoms with Gasteiger partial charge in [0.15, 0.2) is 0 Å². The molecule has 30 heavy (non-hydrogen) atoms. The van der Waals surface area contributed by atoms with Crippen molar-refractivity contribution in [3.63, 3.8) is 0 Å². The van der Waals surface area contributed by atoms with E-state index in [-0.39, 0.29) is 0 Å². The van der Waals surface area contributed by atoms with E-state index in [4.69, 9.17) is 0 Å². The summed E-state index contributed by atoms with van der Waals surface area (Å²) in [5, 5.41) is 9.14. The summed E-state index contributed by atoms with van der Waals surface area (Å²) in [5.74, 6) is 3.21. The molecule has 1 atom stereocenters. The first-order valence-electron chi connectivity index (χ1n) is 10.6. The SMILES string of the molecule is c1ccc(CSC[C@@H]2CCN(CCc3c[nH]c4ccc(-n5cnnc5)cc34)C2)cc1. The monoisotopic (exact) mass is 417 g/mol. The minimum absolute atomic E-state index is 0.821. The molecule has 3 heterocycles. The first-order valence-corrected chi connectivity index (χ1v) is 11.8. The number of fused-ring (bicyclic) bond motifs is 1. The zero-order chi connectivity index (χ0) is 20.2. The lowest BCUT2D eigenvalue weighted by molar-refractivity contribution is 0.333. The molecule has 6 heteroatoms. The highest BCUT2D eigenvalue weighted by atomic mass is 32.2. The lowest BCUT2D eigenvalue weighted by Crippen LogP contribution is -2.23. The Balaban J connectivity index is 1.14. The molecule has 1 aliphatic rings. The molecule has 0 aliphatic carbocycles. The molecular formula is C24H27N5S. The van der Waals surface area contributed by atoms with Gasteiger partial charge in [-0.05, 0) is 60.4 Å². The Morgan fingerprint density at radius 3 is 2.80 bits per heavy atom. The number of nitrogens with one attached hydrogen (secondary N) is 1. The van der Waals surface area contributed by atoms with Crippen LogP contribution in [-0.2, 0) is 12.2 Å². The third-order valence-corrected chi connectivity index (χ3v) is 7.24. The number of aromatic nitrogens is 4. The van der Waals surface area contributed by atoms with Crippen molar-refractivity contribution in [2.24, 2.45) is 5.92 Å². The minimum atomic E-state index is 0.821. The summed E-state index contributed by atoms with van der Waals surface area (Å²) in [6, 6.07) is 17.3. The minimum Gasteiger partial charge on any atom is -0.361 e. The van der Waals surface area contributed by atoms with Gasteiger partial charge in [-0.1, -0.05) is 30.3 Å². The van der Waals surface area contributed by atoms with Gasteiger partial charge in [0.1, 0.15) is 12.7 Å². The second-order valence-electron chi connectivity index (χ2n) is 8.12. The summed E-state index contributed by atoms with van der Waals surface area (Å²) in [6.07, 6.45) is 8.06. The summed E-state index contributed by atoms with van der Waals surface area (Å²) in [7, 11) is 0. The fraction of sp³-hybridized carbons (Fsp3) is 0.333. The predicted molar refractivity (Wildman–Crippen MR) is 124 cm³/mol. The number of hydrogen-bond acceptors (Lipinski definition) is 4. The number of nitrogens with zero attached hydrogens (tertiary/aromatic N) is 4. The number of benzene rings is 2. The standard InChI is InChI=1S/C24H27N5S/c1-2-4-19(5-3-1)15-30-16-20-8-10-28(14-20)11-9-21-13-25-24-7-6-22(12-23(21)24)29-17-26-27-18-29/h1-7,12-13,17-18,20,25H,8-11,14-16H2/t20-/m1/s1. The average Bonchev–Trinajstić information content (AvgIpc) is 3.54. The molecule has 5 rings (SSSR count). The molecule has 1 saturated heterocycles. The van der Waals surface area contributed by atoms with Crippen LogP contribution in [0.2, 0.25) is 0 Å². The third kappa shape index (κ3) is 4.45. The van der Waals surface area contributed by atoms with Crippen molar-refractivity contribution in [3.05, 3.63) is 78.5 Å². The highest BCUT2D eigenvalue weighted by molar-refractivity contribution is 7.98. The van der Waals surface area contributed by atoms with Gasteiger partial charge in [-0.3, -0.25) is 4.57 Å². The molecule has 0 spiro atoms. The number of rotatable bonds is 8. The van der Waals surface area contributed by atoms with Crippen molar-refractivity contribution in [2.45, 2.75) is 18.6 Å². The van der Waals surface area contributed by atoms with E-state index in [1.54, 1.807) is 12.7 Å². The van der Waals surface area contributed by atoms with Gasteiger partial charge in [0.2, 0.25) is 0 Å². The molecule has 1 aliphatic heterocycles. The van der Waals surface area contributed by atoms with Gasteiger partial charge in [0, 0.05) is 41.6 Å². The summed E-state index contributed by atoms with van der Waals surface area (Å²) in [6.45, 7) is 3.59. The summed E-state index contributed by atoms with van der Waals surface area (Å²) in [5.41, 5.74) is 5.12. The first-order chi connectivity index (χ1) is 14.8. The van der Waals surface area contributed by atoms with Gasteiger partial charge >= 0.3 is 0 Å². The molecule has 0 radical (unpaired) electrons. The lowest BCUT2D eigenvalue weighted by atomic mass is 10.1. The molecular weight excluding hydrogens is 390 g/mol. The van der Waals surface area contributed by atoms with Crippen LogP contribution in [0.25, 0.3) is 16.6 Å². The average molecular weight is 418 g/mol. The summed E-state index contributed by atoms with van der Waals surface area (Å²) >= 11 is 2.08. The van der Waals surface area contributed by atoms with Gasteiger partial charge in [-0.2, -0.15) is 11.8 Å². The number of H-pyrrole nitrogens is 1. The van der Waals surface area contributed by atoms with Gasteiger partial charge in [0.05, 0.1) is 0 Å². The van der Waals surface area contributed by atoms with E-state index in [9.17, 15) is 0 Å². The number of aromatic amines is 1. The highest BCUT2D eigenvalue weighted by Gasteiger charge is 2.22. The van der Waals surface area contributed by atoms with Crippen LogP contribution in [0.1, 0.15) is 17.5 Å². The molecule has 1 fully saturated rings. The maximum Gasteiger partial charge on any atom is 0.123 e. The van der Waals surface area contributed by atoms with Crippen molar-refractivity contribution < 1.29 is 0 Å². The Kier molecular flexibility index (Phi) is 5.86. The van der Waals surface area contributed by atoms with Crippen LogP contribution in [0.15, 0.2) is 67.4 Å². The molecule has 0 saturated carbocycles. The Hall–Kier alpha value is -2.57. The second-order valence-corrected chi connectivity index (χ2v) is 9.15. The van der Waals surface area contributed by atoms with Gasteiger partial charge in [0.25, 0.3) is 0 Å². The van der Waals surface area contributed by atoms with Crippen molar-refractivity contribution in [1.29, 1.82) is 0 Å². The third-order valence-electron chi connectivity index (χ3n) is 6.00. The van der Waals surface area contributed by atoms with Crippen LogP contribution in [0.5, 0.6) is 0 Å². The maximum atomic E-state index is 3.92. The fourth-order valence-electron chi connectivity index (χ4n) is 4.32. The van der Waals surface area contributed by atoms with E-state index in [1.807, 2.05) is 4.57 Å². The lowest BCUT2D eigenvalue weighted by Gasteiger charge is -2.16. The molecule has 2 aromatic carbocycles. The number of likely N-dealkylation sites (tertiary alicyclic amines) is 1. The van der Waals surface area contributed by atoms with Crippen LogP contribution in [0.4, 0.5) is 0 Å². The van der Waals surface area contributed by atoms with Crippen molar-refractivity contribution in [2.75, 3.05) is 25.4 Å². The van der Waals surface area contributed by atoms with Crippen LogP contribution >= 0.6 is 11.8 Å². The molecule has 5 nitrogen and oxygen atoms in total. The summed E-state index contributed by atoms with van der Waals surface area (Å²) in [4.78, 5) is 6.06. The second kappa shape index (κ2) is 9.06. The quantitative estimate of drug-likeness (QED) is 0.457. The van der Waals surface area contributed by atoms with E-state index < -0.39 is 0 Å². The smallest absolute Gasteiger partial charge is 0.123 e. The van der Waals surface area contributed by atoms with Crippen LogP contribution in [0.3, 0.4) is 0 Å². The fourth-order valence-corrected chi connectivity index (χ4v) is 5.47. The van der Waals surface area contributed by atoms with Gasteiger partial charge < -0.3 is 9.88 Å². The number of hydrogen-bond donors (Lipinski definition) is 1. The topological polar surface area (TPSA) is 49.7 Å². The normalized spacial score (nSPS) is 17.1. The van der Waals surface area contributed by atoms with Crippen molar-refractivity contribution >= 4 is 22.7 Å². The highest BCUT2D eigenvalue weighted by Crippen LogP contribution is 2.25. The van der Waals surface area contributed by atoms with E-state index in [2.05, 4.69) is 86.6 Å². The van der Waals surface area contributed by atoms with Crippen molar-refractivity contribution in [1.82, 2.24) is 24.6 Å².